The van der Waals surface area contributed by atoms with E-state index in [9.17, 15) is 4.79 Å². The summed E-state index contributed by atoms with van der Waals surface area (Å²) in [6.07, 6.45) is 0. The summed E-state index contributed by atoms with van der Waals surface area (Å²) in [4.78, 5) is 18.8. The van der Waals surface area contributed by atoms with Crippen LogP contribution in [-0.4, -0.2) is 41.1 Å². The molecule has 1 aliphatic rings. The third kappa shape index (κ3) is 2.87. The van der Waals surface area contributed by atoms with E-state index in [1.165, 1.54) is 0 Å². The van der Waals surface area contributed by atoms with Crippen molar-refractivity contribution in [2.45, 2.75) is 5.92 Å². The highest BCUT2D eigenvalue weighted by Gasteiger charge is 2.36. The first-order valence-corrected chi connectivity index (χ1v) is 8.07. The number of benzene rings is 2. The summed E-state index contributed by atoms with van der Waals surface area (Å²) in [7, 11) is 1.56. The highest BCUT2D eigenvalue weighted by atomic mass is 16.5. The van der Waals surface area contributed by atoms with Crippen LogP contribution in [0.1, 0.15) is 22.2 Å². The zero-order chi connectivity index (χ0) is 17.2. The van der Waals surface area contributed by atoms with Gasteiger partial charge in [0.05, 0.1) is 18.6 Å². The third-order valence-corrected chi connectivity index (χ3v) is 4.33. The van der Waals surface area contributed by atoms with Crippen molar-refractivity contribution in [3.63, 3.8) is 0 Å². The molecule has 1 amide bonds. The number of methoxy groups -OCH3 is 1. The van der Waals surface area contributed by atoms with Crippen LogP contribution in [0.4, 0.5) is 0 Å². The maximum atomic E-state index is 12.6. The Balaban J connectivity index is 1.44. The summed E-state index contributed by atoms with van der Waals surface area (Å²) in [6.45, 7) is 1.13. The Kier molecular flexibility index (Phi) is 3.93. The molecule has 0 N–H and O–H groups in total. The smallest absolute Gasteiger partial charge is 0.257 e. The zero-order valence-corrected chi connectivity index (χ0v) is 13.8. The Morgan fingerprint density at radius 2 is 1.84 bits per heavy atom. The van der Waals surface area contributed by atoms with Gasteiger partial charge in [0.2, 0.25) is 11.7 Å². The van der Waals surface area contributed by atoms with Crippen molar-refractivity contribution in [3.8, 4) is 17.1 Å². The summed E-state index contributed by atoms with van der Waals surface area (Å²) in [5, 5.41) is 4.04. The highest BCUT2D eigenvalue weighted by Crippen LogP contribution is 2.30. The number of ether oxygens (including phenoxy) is 1. The van der Waals surface area contributed by atoms with Gasteiger partial charge in [-0.1, -0.05) is 47.6 Å². The van der Waals surface area contributed by atoms with Gasteiger partial charge in [-0.3, -0.25) is 4.79 Å². The van der Waals surface area contributed by atoms with Crippen LogP contribution in [0.2, 0.25) is 0 Å². The van der Waals surface area contributed by atoms with Crippen molar-refractivity contribution in [2.24, 2.45) is 0 Å². The molecule has 0 bridgehead atoms. The number of para-hydroxylation sites is 1. The summed E-state index contributed by atoms with van der Waals surface area (Å²) in [5.74, 6) is 1.76. The quantitative estimate of drug-likeness (QED) is 0.733. The van der Waals surface area contributed by atoms with E-state index in [0.717, 1.165) is 5.56 Å². The lowest BCUT2D eigenvalue weighted by molar-refractivity contribution is 0.0566. The average Bonchev–Trinajstić information content (AvgIpc) is 3.10. The van der Waals surface area contributed by atoms with Crippen LogP contribution in [-0.2, 0) is 0 Å². The van der Waals surface area contributed by atoms with Crippen molar-refractivity contribution in [2.75, 3.05) is 20.2 Å². The summed E-state index contributed by atoms with van der Waals surface area (Å²) >= 11 is 0. The number of nitrogens with zero attached hydrogens (tertiary/aromatic N) is 3. The molecule has 3 aromatic rings. The van der Waals surface area contributed by atoms with Gasteiger partial charge in [0.1, 0.15) is 5.75 Å². The second-order valence-electron chi connectivity index (χ2n) is 5.93. The number of hydrogen-bond donors (Lipinski definition) is 0. The lowest BCUT2D eigenvalue weighted by atomic mass is 9.98. The standard InChI is InChI=1S/C19H17N3O3/c1-24-16-10-6-5-9-15(16)19(23)22-11-14(12-22)18-20-17(21-25-18)13-7-3-2-4-8-13/h2-10,14H,11-12H2,1H3. The molecule has 6 nitrogen and oxygen atoms in total. The maximum Gasteiger partial charge on any atom is 0.257 e. The molecule has 6 heteroatoms. The first kappa shape index (κ1) is 15.4. The number of likely N-dealkylation sites (tertiary alicyclic amines) is 1. The predicted molar refractivity (Wildman–Crippen MR) is 91.4 cm³/mol. The fourth-order valence-corrected chi connectivity index (χ4v) is 2.90. The molecule has 0 aliphatic carbocycles. The molecular weight excluding hydrogens is 318 g/mol. The van der Waals surface area contributed by atoms with Crippen LogP contribution in [0.5, 0.6) is 5.75 Å². The van der Waals surface area contributed by atoms with Gasteiger partial charge >= 0.3 is 0 Å². The molecule has 0 unspecified atom stereocenters. The van der Waals surface area contributed by atoms with Crippen LogP contribution >= 0.6 is 0 Å². The van der Waals surface area contributed by atoms with Crippen LogP contribution in [0.3, 0.4) is 0 Å². The van der Waals surface area contributed by atoms with Gasteiger partial charge in [-0.2, -0.15) is 4.98 Å². The second kappa shape index (κ2) is 6.39. The fourth-order valence-electron chi connectivity index (χ4n) is 2.90. The minimum atomic E-state index is -0.0449. The topological polar surface area (TPSA) is 68.5 Å². The number of aromatic nitrogens is 2. The normalized spacial score (nSPS) is 14.2. The van der Waals surface area contributed by atoms with Crippen molar-refractivity contribution in [1.29, 1.82) is 0 Å². The molecule has 25 heavy (non-hydrogen) atoms. The Morgan fingerprint density at radius 3 is 2.60 bits per heavy atom. The number of carbonyl (C=O) groups excluding carboxylic acids is 1. The molecule has 1 fully saturated rings. The van der Waals surface area contributed by atoms with Gasteiger partial charge in [-0.05, 0) is 12.1 Å². The SMILES string of the molecule is COc1ccccc1C(=O)N1CC(c2nc(-c3ccccc3)no2)C1. The highest BCUT2D eigenvalue weighted by molar-refractivity contribution is 5.97. The summed E-state index contributed by atoms with van der Waals surface area (Å²) in [6, 6.07) is 16.9. The number of amides is 1. The van der Waals surface area contributed by atoms with E-state index in [4.69, 9.17) is 9.26 Å². The molecule has 126 valence electrons. The van der Waals surface area contributed by atoms with E-state index < -0.39 is 0 Å². The fraction of sp³-hybridized carbons (Fsp3) is 0.211. The second-order valence-corrected chi connectivity index (χ2v) is 5.93. The number of hydrogen-bond acceptors (Lipinski definition) is 5. The molecule has 0 spiro atoms. The molecule has 2 heterocycles. The van der Waals surface area contributed by atoms with E-state index in [-0.39, 0.29) is 11.8 Å². The molecule has 0 atom stereocenters. The first-order chi connectivity index (χ1) is 12.3. The van der Waals surface area contributed by atoms with E-state index in [1.807, 2.05) is 42.5 Å². The Labute approximate surface area is 145 Å². The van der Waals surface area contributed by atoms with Gasteiger partial charge in [0, 0.05) is 18.7 Å². The van der Waals surface area contributed by atoms with Crippen molar-refractivity contribution in [1.82, 2.24) is 15.0 Å². The Hall–Kier alpha value is -3.15. The van der Waals surface area contributed by atoms with Gasteiger partial charge in [-0.25, -0.2) is 0 Å². The first-order valence-electron chi connectivity index (χ1n) is 8.07. The van der Waals surface area contributed by atoms with Crippen molar-refractivity contribution >= 4 is 5.91 Å². The van der Waals surface area contributed by atoms with Gasteiger partial charge < -0.3 is 14.2 Å². The lowest BCUT2D eigenvalue weighted by Gasteiger charge is -2.37. The van der Waals surface area contributed by atoms with E-state index in [2.05, 4.69) is 10.1 Å². The van der Waals surface area contributed by atoms with Crippen molar-refractivity contribution in [3.05, 3.63) is 66.1 Å². The summed E-state index contributed by atoms with van der Waals surface area (Å²) in [5.41, 5.74) is 1.48. The zero-order valence-electron chi connectivity index (χ0n) is 13.8. The molecule has 1 saturated heterocycles. The lowest BCUT2D eigenvalue weighted by Crippen LogP contribution is -2.48. The average molecular weight is 335 g/mol. The van der Waals surface area contributed by atoms with Crippen molar-refractivity contribution < 1.29 is 14.1 Å². The Bertz CT molecular complexity index is 886. The molecule has 2 aromatic carbocycles. The molecule has 0 radical (unpaired) electrons. The minimum absolute atomic E-state index is 0.0449. The predicted octanol–water partition coefficient (Wildman–Crippen LogP) is 2.98. The van der Waals surface area contributed by atoms with Gasteiger partial charge in [-0.15, -0.1) is 0 Å². The molecule has 4 rings (SSSR count). The largest absolute Gasteiger partial charge is 0.496 e. The van der Waals surface area contributed by atoms with Crippen LogP contribution in [0.15, 0.2) is 59.1 Å². The van der Waals surface area contributed by atoms with Crippen LogP contribution < -0.4 is 4.74 Å². The van der Waals surface area contributed by atoms with Gasteiger partial charge in [0.15, 0.2) is 0 Å². The molecular formula is C19H17N3O3. The molecule has 1 aromatic heterocycles. The molecule has 0 saturated carbocycles. The number of rotatable bonds is 4. The van der Waals surface area contributed by atoms with Crippen LogP contribution in [0.25, 0.3) is 11.4 Å². The monoisotopic (exact) mass is 335 g/mol. The molecule has 1 aliphatic heterocycles. The maximum absolute atomic E-state index is 12.6. The van der Waals surface area contributed by atoms with Gasteiger partial charge in [0.25, 0.3) is 5.91 Å². The Morgan fingerprint density at radius 1 is 1.12 bits per heavy atom. The minimum Gasteiger partial charge on any atom is -0.496 e. The van der Waals surface area contributed by atoms with E-state index in [0.29, 0.717) is 36.1 Å². The van der Waals surface area contributed by atoms with Crippen LogP contribution in [0, 0.1) is 0 Å². The summed E-state index contributed by atoms with van der Waals surface area (Å²) < 4.78 is 10.6. The number of carbonyl (C=O) groups is 1. The van der Waals surface area contributed by atoms with E-state index >= 15 is 0 Å². The van der Waals surface area contributed by atoms with E-state index in [1.54, 1.807) is 24.1 Å². The third-order valence-electron chi connectivity index (χ3n) is 4.33.